The van der Waals surface area contributed by atoms with Crippen molar-refractivity contribution >= 4 is 17.6 Å². The normalized spacial score (nSPS) is 22.0. The summed E-state index contributed by atoms with van der Waals surface area (Å²) in [5.74, 6) is 0. The molecule has 0 bridgehead atoms. The zero-order valence-corrected chi connectivity index (χ0v) is 11.4. The smallest absolute Gasteiger partial charge is 0.315 e. The highest BCUT2D eigenvalue weighted by Crippen LogP contribution is 2.29. The molecule has 0 radical (unpaired) electrons. The van der Waals surface area contributed by atoms with Crippen molar-refractivity contribution in [3.8, 4) is 0 Å². The predicted molar refractivity (Wildman–Crippen MR) is 71.1 cm³/mol. The maximum absolute atomic E-state index is 12.0. The van der Waals surface area contributed by atoms with Gasteiger partial charge in [-0.3, -0.25) is 0 Å². The van der Waals surface area contributed by atoms with E-state index in [1.165, 1.54) is 0 Å². The zero-order valence-electron chi connectivity index (χ0n) is 10.6. The molecule has 0 aliphatic carbocycles. The van der Waals surface area contributed by atoms with Crippen molar-refractivity contribution in [2.75, 3.05) is 13.2 Å². The fraction of sp³-hybridized carbons (Fsp3) is 0.462. The minimum Gasteiger partial charge on any atom is -0.371 e. The number of nitrogens with one attached hydrogen (secondary N) is 2. The van der Waals surface area contributed by atoms with Crippen LogP contribution in [0.5, 0.6) is 0 Å². The van der Waals surface area contributed by atoms with Gasteiger partial charge < -0.3 is 15.4 Å². The minimum atomic E-state index is -2.56. The lowest BCUT2D eigenvalue weighted by Crippen LogP contribution is -2.44. The summed E-state index contributed by atoms with van der Waals surface area (Å²) in [6.07, 6.45) is -2.22. The number of hydrogen-bond donors (Lipinski definition) is 2. The van der Waals surface area contributed by atoms with Crippen molar-refractivity contribution in [3.63, 3.8) is 0 Å². The molecule has 7 heteroatoms. The second kappa shape index (κ2) is 6.85. The molecule has 1 aromatic rings. The number of rotatable bonds is 4. The van der Waals surface area contributed by atoms with Gasteiger partial charge in [0.2, 0.25) is 0 Å². The highest BCUT2D eigenvalue weighted by atomic mass is 35.5. The molecule has 0 unspecified atom stereocenters. The van der Waals surface area contributed by atoms with Gasteiger partial charge in [0, 0.05) is 11.6 Å². The van der Waals surface area contributed by atoms with E-state index in [4.69, 9.17) is 16.3 Å². The molecule has 2 rings (SSSR count). The third kappa shape index (κ3) is 4.05. The molecule has 1 aliphatic heterocycles. The van der Waals surface area contributed by atoms with Gasteiger partial charge in [-0.05, 0) is 24.1 Å². The van der Waals surface area contributed by atoms with Crippen molar-refractivity contribution in [2.45, 2.75) is 25.0 Å². The lowest BCUT2D eigenvalue weighted by atomic mass is 10.0. The van der Waals surface area contributed by atoms with Crippen LogP contribution in [0.4, 0.5) is 13.6 Å². The van der Waals surface area contributed by atoms with E-state index in [1.807, 2.05) is 12.1 Å². The summed E-state index contributed by atoms with van der Waals surface area (Å²) >= 11 is 5.82. The maximum Gasteiger partial charge on any atom is 0.315 e. The van der Waals surface area contributed by atoms with Gasteiger partial charge in [-0.25, -0.2) is 13.6 Å². The molecule has 4 nitrogen and oxygen atoms in total. The van der Waals surface area contributed by atoms with Gasteiger partial charge in [-0.15, -0.1) is 0 Å². The van der Waals surface area contributed by atoms with E-state index in [1.54, 1.807) is 12.1 Å². The second-order valence-corrected chi connectivity index (χ2v) is 4.92. The Morgan fingerprint density at radius 3 is 2.75 bits per heavy atom. The Labute approximate surface area is 120 Å². The minimum absolute atomic E-state index is 0.242. The molecule has 0 spiro atoms. The molecule has 1 fully saturated rings. The van der Waals surface area contributed by atoms with Crippen molar-refractivity contribution in [3.05, 3.63) is 34.9 Å². The van der Waals surface area contributed by atoms with Gasteiger partial charge in [0.05, 0.1) is 12.6 Å². The van der Waals surface area contributed by atoms with E-state index in [0.717, 1.165) is 5.56 Å². The van der Waals surface area contributed by atoms with Crippen LogP contribution in [0, 0.1) is 0 Å². The average molecular weight is 305 g/mol. The number of carbonyl (C=O) groups is 1. The second-order valence-electron chi connectivity index (χ2n) is 4.48. The van der Waals surface area contributed by atoms with E-state index in [0.29, 0.717) is 18.1 Å². The topological polar surface area (TPSA) is 50.4 Å². The summed E-state index contributed by atoms with van der Waals surface area (Å²) in [7, 11) is 0. The Kier molecular flexibility index (Phi) is 5.14. The Hall–Kier alpha value is -1.40. The summed E-state index contributed by atoms with van der Waals surface area (Å²) in [6.45, 7) is -0.155. The molecular weight excluding hydrogens is 290 g/mol. The SMILES string of the molecule is O=C(NCC(F)F)N[C@H]1CCO[C@@H]1c1ccc(Cl)cc1. The van der Waals surface area contributed by atoms with Crippen molar-refractivity contribution < 1.29 is 18.3 Å². The molecule has 0 aromatic heterocycles. The molecule has 20 heavy (non-hydrogen) atoms. The summed E-state index contributed by atoms with van der Waals surface area (Å²) in [4.78, 5) is 11.5. The van der Waals surface area contributed by atoms with E-state index >= 15 is 0 Å². The number of carbonyl (C=O) groups excluding carboxylic acids is 1. The molecule has 1 aromatic carbocycles. The van der Waals surface area contributed by atoms with E-state index < -0.39 is 19.0 Å². The summed E-state index contributed by atoms with van der Waals surface area (Å²) in [5, 5.41) is 5.39. The Balaban J connectivity index is 1.93. The fourth-order valence-corrected chi connectivity index (χ4v) is 2.23. The molecule has 110 valence electrons. The number of halogens is 3. The number of alkyl halides is 2. The first kappa shape index (κ1) is 15.0. The Morgan fingerprint density at radius 1 is 1.40 bits per heavy atom. The zero-order chi connectivity index (χ0) is 14.5. The van der Waals surface area contributed by atoms with Crippen molar-refractivity contribution in [1.82, 2.24) is 10.6 Å². The summed E-state index contributed by atoms with van der Waals surface area (Å²) in [6, 6.07) is 6.28. The van der Waals surface area contributed by atoms with Gasteiger partial charge in [0.15, 0.2) is 0 Å². The monoisotopic (exact) mass is 304 g/mol. The largest absolute Gasteiger partial charge is 0.371 e. The fourth-order valence-electron chi connectivity index (χ4n) is 2.11. The predicted octanol–water partition coefficient (Wildman–Crippen LogP) is 2.73. The van der Waals surface area contributed by atoms with Gasteiger partial charge in [0.1, 0.15) is 6.10 Å². The first-order valence-electron chi connectivity index (χ1n) is 6.26. The number of ether oxygens (including phenoxy) is 1. The molecular formula is C13H15ClF2N2O2. The third-order valence-corrected chi connectivity index (χ3v) is 3.28. The van der Waals surface area contributed by atoms with Crippen LogP contribution in [0.1, 0.15) is 18.1 Å². The van der Waals surface area contributed by atoms with Crippen LogP contribution in [-0.4, -0.2) is 31.7 Å². The lowest BCUT2D eigenvalue weighted by Gasteiger charge is -2.20. The van der Waals surface area contributed by atoms with Crippen LogP contribution in [0.3, 0.4) is 0 Å². The van der Waals surface area contributed by atoms with E-state index in [2.05, 4.69) is 10.6 Å². The number of hydrogen-bond acceptors (Lipinski definition) is 2. The number of urea groups is 1. The molecule has 0 saturated carbocycles. The highest BCUT2D eigenvalue weighted by molar-refractivity contribution is 6.30. The maximum atomic E-state index is 12.0. The van der Waals surface area contributed by atoms with Gasteiger partial charge in [-0.1, -0.05) is 23.7 Å². The van der Waals surface area contributed by atoms with E-state index in [9.17, 15) is 13.6 Å². The quantitative estimate of drug-likeness (QED) is 0.898. The number of amides is 2. The standard InChI is InChI=1S/C13H15ClF2N2O2/c14-9-3-1-8(2-4-9)12-10(5-6-20-12)18-13(19)17-7-11(15)16/h1-4,10-12H,5-7H2,(H2,17,18,19)/t10-,12+/m0/s1. The number of benzene rings is 1. The Morgan fingerprint density at radius 2 is 2.10 bits per heavy atom. The Bertz CT molecular complexity index is 456. The van der Waals surface area contributed by atoms with Crippen LogP contribution in [-0.2, 0) is 4.74 Å². The van der Waals surface area contributed by atoms with Crippen LogP contribution < -0.4 is 10.6 Å². The molecule has 2 amide bonds. The first-order valence-corrected chi connectivity index (χ1v) is 6.63. The highest BCUT2D eigenvalue weighted by Gasteiger charge is 2.30. The van der Waals surface area contributed by atoms with Gasteiger partial charge in [0.25, 0.3) is 6.43 Å². The third-order valence-electron chi connectivity index (χ3n) is 3.02. The molecule has 1 aliphatic rings. The molecule has 1 saturated heterocycles. The van der Waals surface area contributed by atoms with E-state index in [-0.39, 0.29) is 12.1 Å². The molecule has 1 heterocycles. The van der Waals surface area contributed by atoms with Gasteiger partial charge in [-0.2, -0.15) is 0 Å². The van der Waals surface area contributed by atoms with Crippen molar-refractivity contribution in [1.29, 1.82) is 0 Å². The van der Waals surface area contributed by atoms with Crippen LogP contribution in [0.2, 0.25) is 5.02 Å². The molecule has 2 atom stereocenters. The average Bonchev–Trinajstić information content (AvgIpc) is 2.85. The summed E-state index contributed by atoms with van der Waals surface area (Å²) < 4.78 is 29.6. The van der Waals surface area contributed by atoms with Crippen LogP contribution in [0.15, 0.2) is 24.3 Å². The summed E-state index contributed by atoms with van der Waals surface area (Å²) in [5.41, 5.74) is 0.894. The van der Waals surface area contributed by atoms with Crippen LogP contribution >= 0.6 is 11.6 Å². The van der Waals surface area contributed by atoms with Crippen LogP contribution in [0.25, 0.3) is 0 Å². The van der Waals surface area contributed by atoms with Gasteiger partial charge >= 0.3 is 6.03 Å². The van der Waals surface area contributed by atoms with Crippen molar-refractivity contribution in [2.24, 2.45) is 0 Å². The first-order chi connectivity index (χ1) is 9.56. The lowest BCUT2D eigenvalue weighted by molar-refractivity contribution is 0.0994. The molecule has 2 N–H and O–H groups in total.